The van der Waals surface area contributed by atoms with Gasteiger partial charge in [-0.1, -0.05) is 13.8 Å². The van der Waals surface area contributed by atoms with Crippen LogP contribution in [0, 0.1) is 28.6 Å². The SMILES string of the molecule is C[C@]12CCC(O)CC1CC[C@@H]1[C@H]2CC[C@]2(C)C(O)(c3ccnnc3)CC[C@@]12O. The van der Waals surface area contributed by atoms with Gasteiger partial charge in [-0.2, -0.15) is 10.2 Å². The van der Waals surface area contributed by atoms with E-state index in [2.05, 4.69) is 24.0 Å². The molecule has 0 amide bonds. The van der Waals surface area contributed by atoms with Crippen LogP contribution in [0.4, 0.5) is 0 Å². The zero-order valence-corrected chi connectivity index (χ0v) is 17.1. The van der Waals surface area contributed by atoms with Crippen molar-refractivity contribution in [3.8, 4) is 0 Å². The minimum atomic E-state index is -1.05. The van der Waals surface area contributed by atoms with Gasteiger partial charge in [0, 0.05) is 17.2 Å². The van der Waals surface area contributed by atoms with E-state index in [1.54, 1.807) is 12.4 Å². The van der Waals surface area contributed by atoms with E-state index in [1.165, 1.54) is 0 Å². The molecule has 3 N–H and O–H groups in total. The second-order valence-corrected chi connectivity index (χ2v) is 10.7. The molecule has 28 heavy (non-hydrogen) atoms. The Kier molecular flexibility index (Phi) is 4.06. The van der Waals surface area contributed by atoms with Crippen LogP contribution in [-0.4, -0.2) is 37.2 Å². The van der Waals surface area contributed by atoms with Gasteiger partial charge in [0.1, 0.15) is 0 Å². The summed E-state index contributed by atoms with van der Waals surface area (Å²) in [6.07, 6.45) is 11.2. The fourth-order valence-electron chi connectivity index (χ4n) is 8.22. The third-order valence-electron chi connectivity index (χ3n) is 10.0. The number of rotatable bonds is 1. The number of fused-ring (bicyclic) bond motifs is 5. The summed E-state index contributed by atoms with van der Waals surface area (Å²) in [6, 6.07) is 1.86. The van der Waals surface area contributed by atoms with Gasteiger partial charge in [-0.25, -0.2) is 0 Å². The Bertz CT molecular complexity index is 759. The van der Waals surface area contributed by atoms with E-state index in [9.17, 15) is 15.3 Å². The standard InChI is InChI=1S/C23H34N2O3/c1-20-8-5-17(26)13-15(20)3-4-19-18(20)6-9-21(2)22(27,10-11-23(19,21)28)16-7-12-24-25-14-16/h7,12,14-15,17-19,26-28H,3-6,8-11,13H2,1-2H3/t15?,17?,18-,19-,20+,21-,22?,23-/m1/s1. The van der Waals surface area contributed by atoms with Gasteiger partial charge >= 0.3 is 0 Å². The minimum Gasteiger partial charge on any atom is -0.393 e. The Morgan fingerprint density at radius 3 is 2.50 bits per heavy atom. The highest BCUT2D eigenvalue weighted by Gasteiger charge is 2.72. The summed E-state index contributed by atoms with van der Waals surface area (Å²) in [5, 5.41) is 42.1. The second-order valence-electron chi connectivity index (χ2n) is 10.7. The molecule has 8 atom stereocenters. The molecule has 0 bridgehead atoms. The monoisotopic (exact) mass is 386 g/mol. The fraction of sp³-hybridized carbons (Fsp3) is 0.826. The highest BCUT2D eigenvalue weighted by Crippen LogP contribution is 2.71. The number of hydrogen-bond donors (Lipinski definition) is 3. The van der Waals surface area contributed by atoms with Crippen LogP contribution in [0.2, 0.25) is 0 Å². The molecule has 0 spiro atoms. The van der Waals surface area contributed by atoms with Crippen molar-refractivity contribution in [3.05, 3.63) is 24.0 Å². The molecule has 0 radical (unpaired) electrons. The molecule has 5 rings (SSSR count). The van der Waals surface area contributed by atoms with Gasteiger partial charge < -0.3 is 15.3 Å². The van der Waals surface area contributed by atoms with Crippen molar-refractivity contribution in [1.29, 1.82) is 0 Å². The molecule has 1 aromatic heterocycles. The Morgan fingerprint density at radius 2 is 1.75 bits per heavy atom. The Hall–Kier alpha value is -1.04. The van der Waals surface area contributed by atoms with Crippen LogP contribution in [0.5, 0.6) is 0 Å². The van der Waals surface area contributed by atoms with Crippen LogP contribution < -0.4 is 0 Å². The van der Waals surface area contributed by atoms with Crippen molar-refractivity contribution >= 4 is 0 Å². The average molecular weight is 387 g/mol. The molecule has 0 saturated heterocycles. The van der Waals surface area contributed by atoms with Crippen LogP contribution in [0.1, 0.15) is 77.2 Å². The van der Waals surface area contributed by atoms with E-state index in [0.29, 0.717) is 24.7 Å². The lowest BCUT2D eigenvalue weighted by Crippen LogP contribution is -2.64. The first-order valence-corrected chi connectivity index (χ1v) is 11.1. The lowest BCUT2D eigenvalue weighted by molar-refractivity contribution is -0.238. The molecule has 1 aromatic rings. The van der Waals surface area contributed by atoms with Crippen LogP contribution in [0.15, 0.2) is 18.5 Å². The third-order valence-corrected chi connectivity index (χ3v) is 10.0. The molecular weight excluding hydrogens is 352 g/mol. The van der Waals surface area contributed by atoms with Gasteiger partial charge in [0.25, 0.3) is 0 Å². The van der Waals surface area contributed by atoms with E-state index < -0.39 is 16.6 Å². The highest BCUT2D eigenvalue weighted by molar-refractivity contribution is 5.30. The zero-order chi connectivity index (χ0) is 19.8. The maximum absolute atomic E-state index is 12.2. The topological polar surface area (TPSA) is 86.5 Å². The Morgan fingerprint density at radius 1 is 0.929 bits per heavy atom. The molecule has 4 fully saturated rings. The van der Waals surface area contributed by atoms with Gasteiger partial charge in [-0.3, -0.25) is 0 Å². The predicted octanol–water partition coefficient (Wildman–Crippen LogP) is 3.18. The van der Waals surface area contributed by atoms with E-state index in [-0.39, 0.29) is 17.4 Å². The van der Waals surface area contributed by atoms with E-state index in [0.717, 1.165) is 50.5 Å². The van der Waals surface area contributed by atoms with Crippen LogP contribution in [0.25, 0.3) is 0 Å². The van der Waals surface area contributed by atoms with Crippen LogP contribution in [0.3, 0.4) is 0 Å². The fourth-order valence-corrected chi connectivity index (χ4v) is 8.22. The molecule has 5 nitrogen and oxygen atoms in total. The van der Waals surface area contributed by atoms with Crippen molar-refractivity contribution < 1.29 is 15.3 Å². The molecule has 154 valence electrons. The molecule has 0 aromatic carbocycles. The Labute approximate surface area is 167 Å². The molecule has 0 aliphatic heterocycles. The first-order valence-electron chi connectivity index (χ1n) is 11.1. The maximum atomic E-state index is 12.2. The van der Waals surface area contributed by atoms with Crippen molar-refractivity contribution in [2.45, 2.75) is 88.9 Å². The highest BCUT2D eigenvalue weighted by atomic mass is 16.3. The smallest absolute Gasteiger partial charge is 0.0994 e. The zero-order valence-electron chi connectivity index (χ0n) is 17.1. The average Bonchev–Trinajstić information content (AvgIpc) is 2.91. The molecule has 1 heterocycles. The summed E-state index contributed by atoms with van der Waals surface area (Å²) in [5.41, 5.74) is -1.47. The molecule has 4 aliphatic carbocycles. The van der Waals surface area contributed by atoms with Gasteiger partial charge in [0.05, 0.1) is 23.5 Å². The van der Waals surface area contributed by atoms with Gasteiger partial charge in [0.15, 0.2) is 0 Å². The third kappa shape index (κ3) is 2.19. The lowest BCUT2D eigenvalue weighted by atomic mass is 9.43. The number of aromatic nitrogens is 2. The number of aliphatic hydroxyl groups excluding tert-OH is 1. The van der Waals surface area contributed by atoms with Crippen LogP contribution >= 0.6 is 0 Å². The second kappa shape index (κ2) is 5.99. The summed E-state index contributed by atoms with van der Waals surface area (Å²) < 4.78 is 0. The molecule has 3 unspecified atom stereocenters. The summed E-state index contributed by atoms with van der Waals surface area (Å²) >= 11 is 0. The van der Waals surface area contributed by atoms with Crippen molar-refractivity contribution in [2.24, 2.45) is 28.6 Å². The van der Waals surface area contributed by atoms with Gasteiger partial charge in [-0.15, -0.1) is 0 Å². The minimum absolute atomic E-state index is 0.151. The van der Waals surface area contributed by atoms with Crippen molar-refractivity contribution in [1.82, 2.24) is 10.2 Å². The number of nitrogens with zero attached hydrogens (tertiary/aromatic N) is 2. The first-order chi connectivity index (χ1) is 13.2. The normalized spacial score (nSPS) is 53.2. The summed E-state index contributed by atoms with van der Waals surface area (Å²) in [7, 11) is 0. The van der Waals surface area contributed by atoms with Crippen molar-refractivity contribution in [3.63, 3.8) is 0 Å². The quantitative estimate of drug-likeness (QED) is 0.690. The van der Waals surface area contributed by atoms with Gasteiger partial charge in [-0.05, 0) is 87.0 Å². The summed E-state index contributed by atoms with van der Waals surface area (Å²) in [6.45, 7) is 4.52. The number of aliphatic hydroxyl groups is 3. The lowest BCUT2D eigenvalue weighted by Gasteiger charge is -2.64. The van der Waals surface area contributed by atoms with E-state index in [1.807, 2.05) is 6.07 Å². The van der Waals surface area contributed by atoms with E-state index in [4.69, 9.17) is 0 Å². The summed E-state index contributed by atoms with van der Waals surface area (Å²) in [4.78, 5) is 0. The largest absolute Gasteiger partial charge is 0.393 e. The maximum Gasteiger partial charge on any atom is 0.0994 e. The number of hydrogen-bond acceptors (Lipinski definition) is 5. The van der Waals surface area contributed by atoms with Crippen LogP contribution in [-0.2, 0) is 5.60 Å². The molecule has 4 saturated carbocycles. The first kappa shape index (κ1) is 19.0. The van der Waals surface area contributed by atoms with E-state index >= 15 is 0 Å². The van der Waals surface area contributed by atoms with Gasteiger partial charge in [0.2, 0.25) is 0 Å². The predicted molar refractivity (Wildman–Crippen MR) is 105 cm³/mol. The molecule has 5 heteroatoms. The van der Waals surface area contributed by atoms with Crippen molar-refractivity contribution in [2.75, 3.05) is 0 Å². The molecule has 4 aliphatic rings. The molecular formula is C23H34N2O3. The Balaban J connectivity index is 1.52. The summed E-state index contributed by atoms with van der Waals surface area (Å²) in [5.74, 6) is 1.27.